The predicted octanol–water partition coefficient (Wildman–Crippen LogP) is 15.6. The second-order valence-corrected chi connectivity index (χ2v) is 24.7. The molecule has 0 bridgehead atoms. The van der Waals surface area contributed by atoms with E-state index in [1.54, 1.807) is 0 Å². The molecule has 0 aliphatic rings. The summed E-state index contributed by atoms with van der Waals surface area (Å²) in [4.78, 5) is 9.98. The maximum absolute atomic E-state index is 6.36. The number of rotatable bonds is 8. The van der Waals surface area contributed by atoms with E-state index < -0.39 is 8.07 Å². The zero-order chi connectivity index (χ0) is 45.5. The molecule has 0 spiro atoms. The van der Waals surface area contributed by atoms with E-state index in [0.29, 0.717) is 5.92 Å². The first-order chi connectivity index (χ1) is 31.2. The van der Waals surface area contributed by atoms with E-state index in [9.17, 15) is 0 Å². The Kier molecular flexibility index (Phi) is 13.3. The molecule has 0 aliphatic heterocycles. The first kappa shape index (κ1) is 46.4. The van der Waals surface area contributed by atoms with E-state index in [4.69, 9.17) is 9.40 Å². The summed E-state index contributed by atoms with van der Waals surface area (Å²) in [6.07, 6.45) is 3.24. The van der Waals surface area contributed by atoms with Crippen molar-refractivity contribution >= 4 is 46.2 Å². The van der Waals surface area contributed by atoms with Crippen molar-refractivity contribution in [1.29, 1.82) is 0 Å². The fourth-order valence-corrected chi connectivity index (χ4v) is 10.6. The number of fused-ring (bicyclic) bond motifs is 4. The second kappa shape index (κ2) is 19.0. The van der Waals surface area contributed by atoms with Crippen LogP contribution in [0.3, 0.4) is 0 Å². The van der Waals surface area contributed by atoms with Gasteiger partial charge in [0.2, 0.25) is 0 Å². The minimum atomic E-state index is -1.34. The van der Waals surface area contributed by atoms with Gasteiger partial charge in [-0.2, -0.15) is 0 Å². The summed E-state index contributed by atoms with van der Waals surface area (Å²) in [5.41, 5.74) is 16.2. The number of benzene rings is 7. The quantitative estimate of drug-likeness (QED) is 0.113. The molecule has 333 valence electrons. The van der Waals surface area contributed by atoms with Gasteiger partial charge in [0.15, 0.2) is 0 Å². The van der Waals surface area contributed by atoms with Gasteiger partial charge in [-0.1, -0.05) is 175 Å². The Morgan fingerprint density at radius 3 is 1.95 bits per heavy atom. The number of aryl methyl sites for hydroxylation is 1. The summed E-state index contributed by atoms with van der Waals surface area (Å²) in [5, 5.41) is 3.70. The maximum Gasteiger partial charge on any atom is 0.123 e. The van der Waals surface area contributed by atoms with Gasteiger partial charge < -0.3 is 14.0 Å². The summed E-state index contributed by atoms with van der Waals surface area (Å²) in [5.74, 6) is 1.50. The van der Waals surface area contributed by atoms with Crippen molar-refractivity contribution in [1.82, 2.24) is 14.5 Å². The molecule has 0 saturated carbocycles. The average Bonchev–Trinajstić information content (AvgIpc) is 3.88. The van der Waals surface area contributed by atoms with Crippen LogP contribution in [0.1, 0.15) is 51.3 Å². The first-order valence-corrected chi connectivity index (χ1v) is 26.3. The molecule has 10 rings (SSSR count). The van der Waals surface area contributed by atoms with Gasteiger partial charge in [-0.05, 0) is 81.0 Å². The number of aromatic nitrogens is 3. The fraction of sp³-hybridized carbons (Fsp3) is 0.200. The van der Waals surface area contributed by atoms with Gasteiger partial charge in [0, 0.05) is 37.4 Å². The number of imidazole rings is 1. The van der Waals surface area contributed by atoms with Crippen molar-refractivity contribution in [3.05, 3.63) is 193 Å². The van der Waals surface area contributed by atoms with Gasteiger partial charge in [0.05, 0.1) is 36.2 Å². The van der Waals surface area contributed by atoms with Crippen molar-refractivity contribution in [3.63, 3.8) is 0 Å². The monoisotopic (exact) mass is 1060 g/mol. The van der Waals surface area contributed by atoms with Gasteiger partial charge in [-0.3, -0.25) is 4.98 Å². The van der Waals surface area contributed by atoms with Crippen LogP contribution in [0.4, 0.5) is 0 Å². The summed E-state index contributed by atoms with van der Waals surface area (Å²) >= 11 is 0. The van der Waals surface area contributed by atoms with Crippen molar-refractivity contribution < 1.29 is 24.5 Å². The SMILES string of the molecule is CC(C)Cc1cc(-c2[c-]cccc2)ncc1[Si](C)(C)C.Cc1cc(-c2nc3ccccc3n2-c2c(-c3ccccc3)cc(C(C)(C)C)cc2-c2ccccc2)[c-]c2oc3ccccc3c12.[Ir]. The number of hydrogen-bond donors (Lipinski definition) is 0. The van der Waals surface area contributed by atoms with Crippen LogP contribution < -0.4 is 5.19 Å². The Bertz CT molecular complexity index is 3220. The van der Waals surface area contributed by atoms with E-state index in [0.717, 1.165) is 95.5 Å². The molecule has 3 heterocycles. The molecule has 0 N–H and O–H groups in total. The number of nitrogens with zero attached hydrogens (tertiary/aromatic N) is 3. The van der Waals surface area contributed by atoms with Crippen molar-refractivity contribution in [2.75, 3.05) is 0 Å². The molecule has 4 nitrogen and oxygen atoms in total. The van der Waals surface area contributed by atoms with Gasteiger partial charge in [0.25, 0.3) is 0 Å². The Balaban J connectivity index is 0.000000238. The molecule has 7 aromatic carbocycles. The second-order valence-electron chi connectivity index (χ2n) is 19.7. The zero-order valence-corrected chi connectivity index (χ0v) is 42.9. The van der Waals surface area contributed by atoms with Crippen LogP contribution in [0, 0.1) is 25.0 Å². The van der Waals surface area contributed by atoms with Crippen LogP contribution in [0.15, 0.2) is 168 Å². The zero-order valence-electron chi connectivity index (χ0n) is 39.5. The Morgan fingerprint density at radius 1 is 0.712 bits per heavy atom. The topological polar surface area (TPSA) is 43.9 Å². The molecular weight excluding hydrogens is 999 g/mol. The minimum absolute atomic E-state index is 0. The molecule has 66 heavy (non-hydrogen) atoms. The Hall–Kier alpha value is -6.17. The Labute approximate surface area is 405 Å². The molecule has 1 radical (unpaired) electrons. The minimum Gasteiger partial charge on any atom is -0.477 e. The standard InChI is InChI=1S/C42H33N2O.C18H24NSi.Ir/c1-27-23-30(24-38-39(27)32-19-11-14-22-37(32)45-38)41-43-35-20-12-13-21-36(35)44(41)40-33(28-15-7-5-8-16-28)25-31(42(2,3)4)26-34(40)29-17-9-6-10-18-29;1-14(2)11-16-12-17(15-9-7-6-8-10-15)19-13-18(16)20(3,4)5;/h5-23,25-26H,1-4H3;6-9,12-14H,11H2,1-5H3;/q2*-1;. The largest absolute Gasteiger partial charge is 0.477 e. The normalized spacial score (nSPS) is 11.8. The fourth-order valence-electron chi connectivity index (χ4n) is 8.99. The van der Waals surface area contributed by atoms with Crippen LogP contribution in [0.2, 0.25) is 19.6 Å². The van der Waals surface area contributed by atoms with Crippen molar-refractivity contribution in [2.24, 2.45) is 5.92 Å². The van der Waals surface area contributed by atoms with Crippen LogP contribution in [-0.4, -0.2) is 22.6 Å². The number of furan rings is 1. The first-order valence-electron chi connectivity index (χ1n) is 22.8. The van der Waals surface area contributed by atoms with Crippen LogP contribution >= 0.6 is 0 Å². The molecule has 0 atom stereocenters. The van der Waals surface area contributed by atoms with E-state index in [1.165, 1.54) is 16.3 Å². The molecule has 0 aliphatic carbocycles. The molecule has 0 unspecified atom stereocenters. The van der Waals surface area contributed by atoms with E-state index in [2.05, 4.69) is 216 Å². The average molecular weight is 1060 g/mol. The van der Waals surface area contributed by atoms with E-state index >= 15 is 0 Å². The summed E-state index contributed by atoms with van der Waals surface area (Å²) in [6, 6.07) is 62.3. The maximum atomic E-state index is 6.36. The van der Waals surface area contributed by atoms with Crippen molar-refractivity contribution in [2.45, 2.75) is 73.0 Å². The van der Waals surface area contributed by atoms with Gasteiger partial charge in [-0.25, -0.2) is 0 Å². The van der Waals surface area contributed by atoms with Gasteiger partial charge in [0.1, 0.15) is 5.58 Å². The van der Waals surface area contributed by atoms with Gasteiger partial charge >= 0.3 is 0 Å². The van der Waals surface area contributed by atoms with Crippen LogP contribution in [-0.2, 0) is 31.9 Å². The van der Waals surface area contributed by atoms with E-state index in [1.807, 2.05) is 30.3 Å². The molecule has 10 aromatic rings. The number of para-hydroxylation sites is 3. The number of pyridine rings is 1. The molecule has 3 aromatic heterocycles. The van der Waals surface area contributed by atoms with Gasteiger partial charge in [-0.15, -0.1) is 53.1 Å². The van der Waals surface area contributed by atoms with Crippen LogP contribution in [0.25, 0.3) is 83.6 Å². The summed E-state index contributed by atoms with van der Waals surface area (Å²) in [7, 11) is -1.34. The third kappa shape index (κ3) is 9.42. The molecular formula is C60H57IrN3OSi-2. The smallest absolute Gasteiger partial charge is 0.123 e. The van der Waals surface area contributed by atoms with E-state index in [-0.39, 0.29) is 25.5 Å². The predicted molar refractivity (Wildman–Crippen MR) is 277 cm³/mol. The summed E-state index contributed by atoms with van der Waals surface area (Å²) in [6.45, 7) is 20.7. The van der Waals surface area contributed by atoms with Crippen molar-refractivity contribution in [3.8, 4) is 50.6 Å². The Morgan fingerprint density at radius 2 is 1.33 bits per heavy atom. The third-order valence-corrected chi connectivity index (χ3v) is 14.2. The van der Waals surface area contributed by atoms with Crippen LogP contribution in [0.5, 0.6) is 0 Å². The summed E-state index contributed by atoms with van der Waals surface area (Å²) < 4.78 is 8.70. The molecule has 6 heteroatoms. The third-order valence-electron chi connectivity index (χ3n) is 12.2. The molecule has 0 amide bonds. The molecule has 0 saturated heterocycles. The molecule has 0 fully saturated rings. The number of hydrogen-bond acceptors (Lipinski definition) is 3.